The van der Waals surface area contributed by atoms with Gasteiger partial charge < -0.3 is 4.90 Å². The fourth-order valence-corrected chi connectivity index (χ4v) is 4.54. The van der Waals surface area contributed by atoms with Crippen molar-refractivity contribution in [3.05, 3.63) is 75.6 Å². The van der Waals surface area contributed by atoms with Gasteiger partial charge in [-0.05, 0) is 69.0 Å². The Balaban J connectivity index is 1.39. The molecule has 0 N–H and O–H groups in total. The summed E-state index contributed by atoms with van der Waals surface area (Å²) in [5.41, 5.74) is 4.50. The lowest BCUT2D eigenvalue weighted by atomic mass is 9.98. The van der Waals surface area contributed by atoms with Gasteiger partial charge in [-0.3, -0.25) is 9.78 Å². The maximum atomic E-state index is 12.8. The van der Waals surface area contributed by atoms with E-state index >= 15 is 0 Å². The van der Waals surface area contributed by atoms with Crippen molar-refractivity contribution in [2.75, 3.05) is 13.1 Å². The lowest BCUT2D eigenvalue weighted by Gasteiger charge is -2.17. The van der Waals surface area contributed by atoms with E-state index in [9.17, 15) is 4.79 Å². The number of nitrogens with zero attached hydrogens (tertiary/aromatic N) is 5. The zero-order chi connectivity index (χ0) is 22.0. The molecule has 31 heavy (non-hydrogen) atoms. The van der Waals surface area contributed by atoms with Crippen molar-refractivity contribution < 1.29 is 4.79 Å². The quantitative estimate of drug-likeness (QED) is 0.578. The van der Waals surface area contributed by atoms with E-state index in [2.05, 4.69) is 28.3 Å². The van der Waals surface area contributed by atoms with E-state index < -0.39 is 0 Å². The van der Waals surface area contributed by atoms with Crippen LogP contribution < -0.4 is 0 Å². The standard InChI is InChI=1S/C24H28ClN5O/c1-16-11-20(12-19-5-4-6-22(25)13-19)14-23(26-16)21-7-9-29(15-21)24(31)8-10-30-18(3)27-17(2)28-30/h4-6,11,13-14,21H,7-10,12,15H2,1-3H3. The number of aryl methyl sites for hydroxylation is 4. The lowest BCUT2D eigenvalue weighted by Crippen LogP contribution is -2.29. The predicted octanol–water partition coefficient (Wildman–Crippen LogP) is 4.25. The Morgan fingerprint density at radius 1 is 1.13 bits per heavy atom. The van der Waals surface area contributed by atoms with E-state index in [1.54, 1.807) is 0 Å². The molecule has 2 aromatic heterocycles. The van der Waals surface area contributed by atoms with Crippen LogP contribution in [0.15, 0.2) is 36.4 Å². The summed E-state index contributed by atoms with van der Waals surface area (Å²) in [6.07, 6.45) is 2.21. The molecule has 1 aromatic carbocycles. The first-order valence-corrected chi connectivity index (χ1v) is 11.1. The van der Waals surface area contributed by atoms with Crippen LogP contribution in [0.2, 0.25) is 5.02 Å². The first-order valence-electron chi connectivity index (χ1n) is 10.7. The van der Waals surface area contributed by atoms with Gasteiger partial charge >= 0.3 is 0 Å². The van der Waals surface area contributed by atoms with Crippen molar-refractivity contribution in [2.45, 2.75) is 52.5 Å². The van der Waals surface area contributed by atoms with Gasteiger partial charge in [0.05, 0.1) is 6.54 Å². The molecule has 1 saturated heterocycles. The molecule has 162 valence electrons. The molecule has 4 rings (SSSR count). The number of benzene rings is 1. The molecule has 1 atom stereocenters. The predicted molar refractivity (Wildman–Crippen MR) is 121 cm³/mol. The molecule has 0 saturated carbocycles. The third-order valence-electron chi connectivity index (χ3n) is 5.79. The Morgan fingerprint density at radius 3 is 2.71 bits per heavy atom. The fourth-order valence-electron chi connectivity index (χ4n) is 4.32. The number of hydrogen-bond donors (Lipinski definition) is 0. The third kappa shape index (κ3) is 5.31. The first-order chi connectivity index (χ1) is 14.9. The van der Waals surface area contributed by atoms with E-state index in [0.29, 0.717) is 13.0 Å². The van der Waals surface area contributed by atoms with Gasteiger partial charge in [-0.15, -0.1) is 0 Å². The van der Waals surface area contributed by atoms with Crippen LogP contribution in [0.1, 0.15) is 52.9 Å². The maximum absolute atomic E-state index is 12.8. The minimum atomic E-state index is 0.168. The van der Waals surface area contributed by atoms with E-state index in [-0.39, 0.29) is 11.8 Å². The molecule has 0 bridgehead atoms. The largest absolute Gasteiger partial charge is 0.342 e. The summed E-state index contributed by atoms with van der Waals surface area (Å²) in [6, 6.07) is 12.3. The van der Waals surface area contributed by atoms with Crippen LogP contribution in [-0.4, -0.2) is 43.6 Å². The smallest absolute Gasteiger partial charge is 0.224 e. The van der Waals surface area contributed by atoms with Gasteiger partial charge in [0, 0.05) is 41.8 Å². The average Bonchev–Trinajstić information content (AvgIpc) is 3.32. The van der Waals surface area contributed by atoms with Crippen LogP contribution in [0.25, 0.3) is 0 Å². The summed E-state index contributed by atoms with van der Waals surface area (Å²) in [4.78, 5) is 23.8. The zero-order valence-electron chi connectivity index (χ0n) is 18.3. The average molecular weight is 438 g/mol. The molecule has 0 spiro atoms. The molecule has 1 aliphatic heterocycles. The highest BCUT2D eigenvalue weighted by atomic mass is 35.5. The molecular weight excluding hydrogens is 410 g/mol. The number of likely N-dealkylation sites (tertiary alicyclic amines) is 1. The first kappa shape index (κ1) is 21.5. The summed E-state index contributed by atoms with van der Waals surface area (Å²) in [7, 11) is 0. The number of halogens is 1. The van der Waals surface area contributed by atoms with Gasteiger partial charge in [0.15, 0.2) is 0 Å². The summed E-state index contributed by atoms with van der Waals surface area (Å²) in [5, 5.41) is 5.10. The van der Waals surface area contributed by atoms with Gasteiger partial charge in [-0.25, -0.2) is 9.67 Å². The third-order valence-corrected chi connectivity index (χ3v) is 6.02. The Kier molecular flexibility index (Phi) is 6.37. The summed E-state index contributed by atoms with van der Waals surface area (Å²) >= 11 is 6.14. The molecule has 3 heterocycles. The SMILES string of the molecule is Cc1cc(Cc2cccc(Cl)c2)cc(C2CCN(C(=O)CCn3nc(C)nc3C)C2)n1. The molecule has 1 unspecified atom stereocenters. The molecule has 1 fully saturated rings. The minimum absolute atomic E-state index is 0.168. The highest BCUT2D eigenvalue weighted by Gasteiger charge is 2.28. The minimum Gasteiger partial charge on any atom is -0.342 e. The van der Waals surface area contributed by atoms with Gasteiger partial charge in [0.2, 0.25) is 5.91 Å². The number of hydrogen-bond acceptors (Lipinski definition) is 4. The molecule has 7 heteroatoms. The van der Waals surface area contributed by atoms with Gasteiger partial charge in [-0.2, -0.15) is 5.10 Å². The van der Waals surface area contributed by atoms with Gasteiger partial charge in [-0.1, -0.05) is 23.7 Å². The van der Waals surface area contributed by atoms with E-state index in [0.717, 1.165) is 54.0 Å². The number of carbonyl (C=O) groups is 1. The summed E-state index contributed by atoms with van der Waals surface area (Å²) < 4.78 is 1.81. The topological polar surface area (TPSA) is 63.9 Å². The van der Waals surface area contributed by atoms with Crippen molar-refractivity contribution in [3.63, 3.8) is 0 Å². The second-order valence-corrected chi connectivity index (χ2v) is 8.79. The number of carbonyl (C=O) groups excluding carboxylic acids is 1. The number of amides is 1. The van der Waals surface area contributed by atoms with Crippen molar-refractivity contribution in [1.82, 2.24) is 24.6 Å². The Hall–Kier alpha value is -2.73. The van der Waals surface area contributed by atoms with Crippen LogP contribution in [0.5, 0.6) is 0 Å². The highest BCUT2D eigenvalue weighted by Crippen LogP contribution is 2.28. The highest BCUT2D eigenvalue weighted by molar-refractivity contribution is 6.30. The number of pyridine rings is 1. The Bertz CT molecular complexity index is 1090. The van der Waals surface area contributed by atoms with Crippen LogP contribution in [0.3, 0.4) is 0 Å². The molecule has 3 aromatic rings. The zero-order valence-corrected chi connectivity index (χ0v) is 19.1. The molecular formula is C24H28ClN5O. The van der Waals surface area contributed by atoms with Crippen molar-refractivity contribution in [2.24, 2.45) is 0 Å². The monoisotopic (exact) mass is 437 g/mol. The Morgan fingerprint density at radius 2 is 1.97 bits per heavy atom. The van der Waals surface area contributed by atoms with Crippen LogP contribution in [-0.2, 0) is 17.8 Å². The Labute approximate surface area is 188 Å². The number of rotatable bonds is 6. The van der Waals surface area contributed by atoms with Crippen molar-refractivity contribution >= 4 is 17.5 Å². The summed E-state index contributed by atoms with van der Waals surface area (Å²) in [6.45, 7) is 7.89. The second kappa shape index (κ2) is 9.18. The molecule has 0 radical (unpaired) electrons. The van der Waals surface area contributed by atoms with Gasteiger partial charge in [0.1, 0.15) is 11.6 Å². The second-order valence-electron chi connectivity index (χ2n) is 8.35. The summed E-state index contributed by atoms with van der Waals surface area (Å²) in [5.74, 6) is 2.03. The van der Waals surface area contributed by atoms with E-state index in [4.69, 9.17) is 16.6 Å². The van der Waals surface area contributed by atoms with E-state index in [1.807, 2.05) is 48.6 Å². The maximum Gasteiger partial charge on any atom is 0.224 e. The molecule has 0 aliphatic carbocycles. The van der Waals surface area contributed by atoms with Crippen LogP contribution >= 0.6 is 11.6 Å². The normalized spacial score (nSPS) is 16.1. The van der Waals surface area contributed by atoms with Crippen molar-refractivity contribution in [1.29, 1.82) is 0 Å². The number of aromatic nitrogens is 4. The molecule has 6 nitrogen and oxygen atoms in total. The van der Waals surface area contributed by atoms with Crippen LogP contribution in [0.4, 0.5) is 0 Å². The van der Waals surface area contributed by atoms with Gasteiger partial charge in [0.25, 0.3) is 0 Å². The molecule has 1 aliphatic rings. The fraction of sp³-hybridized carbons (Fsp3) is 0.417. The van der Waals surface area contributed by atoms with E-state index in [1.165, 1.54) is 11.1 Å². The lowest BCUT2D eigenvalue weighted by molar-refractivity contribution is -0.130. The molecule has 1 amide bonds. The van der Waals surface area contributed by atoms with Crippen LogP contribution in [0, 0.1) is 20.8 Å². The van der Waals surface area contributed by atoms with Crippen molar-refractivity contribution in [3.8, 4) is 0 Å².